The summed E-state index contributed by atoms with van der Waals surface area (Å²) in [4.78, 5) is 41.6. The zero-order chi connectivity index (χ0) is 29.6. The first kappa shape index (κ1) is 31.8. The third-order valence-electron chi connectivity index (χ3n) is 6.17. The van der Waals surface area contributed by atoms with Gasteiger partial charge in [-0.1, -0.05) is 43.7 Å². The van der Waals surface area contributed by atoms with Crippen molar-refractivity contribution in [3.8, 4) is 11.5 Å². The summed E-state index contributed by atoms with van der Waals surface area (Å²) in [6, 6.07) is 10.00. The number of cyclic esters (lactones) is 1. The highest BCUT2D eigenvalue weighted by molar-refractivity contribution is 5.98. The van der Waals surface area contributed by atoms with Gasteiger partial charge in [-0.15, -0.1) is 0 Å². The summed E-state index contributed by atoms with van der Waals surface area (Å²) in [5.41, 5.74) is 0.800. The van der Waals surface area contributed by atoms with E-state index in [1.165, 1.54) is 26.3 Å². The van der Waals surface area contributed by atoms with Gasteiger partial charge in [-0.05, 0) is 18.9 Å². The lowest BCUT2D eigenvalue weighted by Gasteiger charge is -2.30. The maximum Gasteiger partial charge on any atom is 0.331 e. The van der Waals surface area contributed by atoms with E-state index in [0.29, 0.717) is 13.2 Å². The van der Waals surface area contributed by atoms with E-state index >= 15 is 0 Å². The Morgan fingerprint density at radius 1 is 1.12 bits per heavy atom. The Hall–Kier alpha value is -3.74. The van der Waals surface area contributed by atoms with Gasteiger partial charge in [0.25, 0.3) is 5.91 Å². The molecule has 2 aromatic rings. The zero-order valence-electron chi connectivity index (χ0n) is 23.8. The summed E-state index contributed by atoms with van der Waals surface area (Å²) < 4.78 is 39.4. The average molecular weight is 575 g/mol. The molecule has 1 aromatic carbocycles. The normalized spacial score (nSPS) is 21.0. The highest BCUT2D eigenvalue weighted by Gasteiger charge is 2.36. The summed E-state index contributed by atoms with van der Waals surface area (Å²) in [6.45, 7) is 5.24. The molecule has 0 aliphatic carbocycles. The minimum absolute atomic E-state index is 0.0572. The number of carbonyl (C=O) groups is 3. The zero-order valence-corrected chi connectivity index (χ0v) is 23.8. The van der Waals surface area contributed by atoms with Crippen molar-refractivity contribution in [2.45, 2.75) is 64.6 Å². The van der Waals surface area contributed by atoms with Crippen molar-refractivity contribution in [2.24, 2.45) is 0 Å². The van der Waals surface area contributed by atoms with Gasteiger partial charge < -0.3 is 38.5 Å². The molecule has 0 bridgehead atoms. The molecule has 4 atom stereocenters. The van der Waals surface area contributed by atoms with Gasteiger partial charge in [-0.2, -0.15) is 0 Å². The molecule has 12 nitrogen and oxygen atoms in total. The second kappa shape index (κ2) is 16.5. The Balaban J connectivity index is 1.75. The number of unbranched alkanes of at least 4 members (excludes halogenated alkanes) is 1. The van der Waals surface area contributed by atoms with Crippen LogP contribution in [0.2, 0.25) is 0 Å². The lowest BCUT2D eigenvalue weighted by molar-refractivity contribution is -0.169. The molecule has 12 heteroatoms. The van der Waals surface area contributed by atoms with Crippen molar-refractivity contribution in [1.29, 1.82) is 0 Å². The number of pyridine rings is 1. The molecule has 1 aromatic heterocycles. The molecule has 224 valence electrons. The Morgan fingerprint density at radius 2 is 1.90 bits per heavy atom. The number of aromatic nitrogens is 1. The van der Waals surface area contributed by atoms with Gasteiger partial charge in [-0.3, -0.25) is 9.59 Å². The quantitative estimate of drug-likeness (QED) is 0.214. The largest absolute Gasteiger partial charge is 0.493 e. The number of hydrogen-bond acceptors (Lipinski definition) is 11. The van der Waals surface area contributed by atoms with Crippen molar-refractivity contribution in [2.75, 3.05) is 33.7 Å². The monoisotopic (exact) mass is 574 g/mol. The molecule has 0 spiro atoms. The van der Waals surface area contributed by atoms with Crippen LogP contribution in [0.15, 0.2) is 42.6 Å². The molecule has 41 heavy (non-hydrogen) atoms. The lowest BCUT2D eigenvalue weighted by Crippen LogP contribution is -2.47. The van der Waals surface area contributed by atoms with Gasteiger partial charge in [0, 0.05) is 25.8 Å². The minimum atomic E-state index is -1.16. The summed E-state index contributed by atoms with van der Waals surface area (Å²) in [5, 5.41) is 2.61. The number of nitrogens with zero attached hydrogens (tertiary/aromatic N) is 1. The summed E-state index contributed by atoms with van der Waals surface area (Å²) in [7, 11) is 1.38. The molecule has 1 amide bonds. The van der Waals surface area contributed by atoms with E-state index in [1.54, 1.807) is 6.92 Å². The van der Waals surface area contributed by atoms with Gasteiger partial charge in [0.15, 0.2) is 23.2 Å². The molecule has 1 aliphatic rings. The highest BCUT2D eigenvalue weighted by Crippen LogP contribution is 2.29. The third-order valence-corrected chi connectivity index (χ3v) is 6.17. The van der Waals surface area contributed by atoms with Crippen LogP contribution in [0.1, 0.15) is 49.7 Å². The standard InChI is InChI=1S/C29H38N2O10/c1-5-6-14-37-26-19(2)41-29(34)22(16-36-17-24(26)38-15-21-10-8-7-9-11-21)31-28(33)25-27(40-18-39-20(3)32)23(35-4)12-13-30-25/h7-13,19,22,24,26H,5-6,14-18H2,1-4H3,(H,31,33)/t19-,22-,24-,26-/m0/s1. The van der Waals surface area contributed by atoms with Crippen LogP contribution in [-0.2, 0) is 39.9 Å². The van der Waals surface area contributed by atoms with Crippen LogP contribution in [-0.4, -0.2) is 80.9 Å². The number of amides is 1. The number of ether oxygens (including phenoxy) is 7. The number of carbonyl (C=O) groups excluding carboxylic acids is 3. The number of esters is 2. The second-order valence-corrected chi connectivity index (χ2v) is 9.32. The van der Waals surface area contributed by atoms with Crippen LogP contribution >= 0.6 is 0 Å². The Bertz CT molecular complexity index is 1130. The molecular formula is C29H38N2O10. The molecule has 0 saturated carbocycles. The van der Waals surface area contributed by atoms with Crippen LogP contribution in [0.4, 0.5) is 0 Å². The molecule has 1 saturated heterocycles. The van der Waals surface area contributed by atoms with Crippen LogP contribution in [0.5, 0.6) is 11.5 Å². The Morgan fingerprint density at radius 3 is 2.61 bits per heavy atom. The smallest absolute Gasteiger partial charge is 0.331 e. The SMILES string of the molecule is CCCCO[C@H]1[C@H](C)OC(=O)[C@@H](NC(=O)c2nccc(OC)c2OCOC(C)=O)COC[C@@H]1OCc1ccccc1. The Kier molecular flexibility index (Phi) is 12.8. The van der Waals surface area contributed by atoms with E-state index in [0.717, 1.165) is 18.4 Å². The fourth-order valence-corrected chi connectivity index (χ4v) is 4.02. The van der Waals surface area contributed by atoms with Crippen LogP contribution < -0.4 is 14.8 Å². The highest BCUT2D eigenvalue weighted by atomic mass is 16.7. The van der Waals surface area contributed by atoms with Crippen molar-refractivity contribution in [3.05, 3.63) is 53.9 Å². The molecule has 0 unspecified atom stereocenters. The van der Waals surface area contributed by atoms with Crippen LogP contribution in [0.25, 0.3) is 0 Å². The van der Waals surface area contributed by atoms with Crippen LogP contribution in [0.3, 0.4) is 0 Å². The molecule has 1 aliphatic heterocycles. The van der Waals surface area contributed by atoms with E-state index in [9.17, 15) is 14.4 Å². The first-order valence-corrected chi connectivity index (χ1v) is 13.5. The van der Waals surface area contributed by atoms with Crippen molar-refractivity contribution >= 4 is 17.8 Å². The lowest BCUT2D eigenvalue weighted by atomic mass is 10.1. The second-order valence-electron chi connectivity index (χ2n) is 9.32. The fraction of sp³-hybridized carbons (Fsp3) is 0.517. The molecule has 1 N–H and O–H groups in total. The summed E-state index contributed by atoms with van der Waals surface area (Å²) >= 11 is 0. The maximum atomic E-state index is 13.2. The van der Waals surface area contributed by atoms with E-state index in [1.807, 2.05) is 30.3 Å². The first-order chi connectivity index (χ1) is 19.8. The maximum absolute atomic E-state index is 13.2. The molecule has 0 radical (unpaired) electrons. The van der Waals surface area contributed by atoms with E-state index in [2.05, 4.69) is 17.2 Å². The van der Waals surface area contributed by atoms with E-state index in [4.69, 9.17) is 33.2 Å². The van der Waals surface area contributed by atoms with Gasteiger partial charge in [0.2, 0.25) is 6.79 Å². The number of methoxy groups -OCH3 is 1. The number of hydrogen-bond donors (Lipinski definition) is 1. The average Bonchev–Trinajstić information content (AvgIpc) is 3.01. The number of rotatable bonds is 13. The molecule has 2 heterocycles. The molecule has 1 fully saturated rings. The van der Waals surface area contributed by atoms with Crippen molar-refractivity contribution < 1.29 is 47.5 Å². The fourth-order valence-electron chi connectivity index (χ4n) is 4.02. The number of benzene rings is 1. The van der Waals surface area contributed by atoms with E-state index in [-0.39, 0.29) is 30.4 Å². The minimum Gasteiger partial charge on any atom is -0.493 e. The molecular weight excluding hydrogens is 536 g/mol. The summed E-state index contributed by atoms with van der Waals surface area (Å²) in [5.74, 6) is -1.89. The summed E-state index contributed by atoms with van der Waals surface area (Å²) in [6.07, 6.45) is 1.29. The van der Waals surface area contributed by atoms with Gasteiger partial charge in [0.1, 0.15) is 18.3 Å². The predicted octanol–water partition coefficient (Wildman–Crippen LogP) is 2.82. The van der Waals surface area contributed by atoms with Gasteiger partial charge in [-0.25, -0.2) is 9.78 Å². The van der Waals surface area contributed by atoms with Crippen molar-refractivity contribution in [3.63, 3.8) is 0 Å². The van der Waals surface area contributed by atoms with Gasteiger partial charge >= 0.3 is 11.9 Å². The van der Waals surface area contributed by atoms with Crippen LogP contribution in [0, 0.1) is 0 Å². The molecule has 3 rings (SSSR count). The van der Waals surface area contributed by atoms with Gasteiger partial charge in [0.05, 0.1) is 26.9 Å². The number of nitrogens with one attached hydrogen (secondary N) is 1. The third kappa shape index (κ3) is 9.69. The first-order valence-electron chi connectivity index (χ1n) is 13.5. The topological polar surface area (TPSA) is 141 Å². The van der Waals surface area contributed by atoms with E-state index < -0.39 is 49.0 Å². The Labute approximate surface area is 239 Å². The predicted molar refractivity (Wildman–Crippen MR) is 145 cm³/mol. The van der Waals surface area contributed by atoms with Crippen molar-refractivity contribution in [1.82, 2.24) is 10.3 Å².